The molecule has 0 N–H and O–H groups in total. The van der Waals surface area contributed by atoms with Gasteiger partial charge in [0, 0.05) is 28.8 Å². The molecule has 0 saturated carbocycles. The first-order valence-corrected chi connectivity index (χ1v) is 11.1. The fourth-order valence-corrected chi connectivity index (χ4v) is 3.75. The van der Waals surface area contributed by atoms with Crippen molar-refractivity contribution in [3.8, 4) is 11.6 Å². The van der Waals surface area contributed by atoms with Crippen molar-refractivity contribution in [1.82, 2.24) is 4.98 Å². The van der Waals surface area contributed by atoms with Gasteiger partial charge in [-0.2, -0.15) is 0 Å². The van der Waals surface area contributed by atoms with Crippen LogP contribution in [0.25, 0.3) is 10.8 Å². The minimum atomic E-state index is 0.447. The van der Waals surface area contributed by atoms with Crippen LogP contribution in [-0.4, -0.2) is 17.8 Å². The fourth-order valence-electron chi connectivity index (χ4n) is 3.75. The van der Waals surface area contributed by atoms with Gasteiger partial charge in [0.05, 0.1) is 18.5 Å². The summed E-state index contributed by atoms with van der Waals surface area (Å²) in [4.78, 5) is 9.51. The maximum Gasteiger partial charge on any atom is 0.214 e. The van der Waals surface area contributed by atoms with E-state index in [1.165, 1.54) is 0 Å². The van der Waals surface area contributed by atoms with Gasteiger partial charge in [-0.05, 0) is 35.2 Å². The molecule has 0 bridgehead atoms. The molecular weight excluding hydrogens is 420 g/mol. The third-order valence-electron chi connectivity index (χ3n) is 5.56. The van der Waals surface area contributed by atoms with E-state index in [0.29, 0.717) is 12.5 Å². The molecule has 4 aromatic carbocycles. The van der Waals surface area contributed by atoms with Gasteiger partial charge in [0.1, 0.15) is 12.4 Å². The van der Waals surface area contributed by atoms with Gasteiger partial charge in [-0.25, -0.2) is 9.98 Å². The van der Waals surface area contributed by atoms with E-state index >= 15 is 0 Å². The number of hydrogen-bond donors (Lipinski definition) is 0. The normalized spacial score (nSPS) is 10.6. The Kier molecular flexibility index (Phi) is 6.30. The van der Waals surface area contributed by atoms with Crippen molar-refractivity contribution in [2.75, 3.05) is 7.11 Å². The minimum absolute atomic E-state index is 0.447. The van der Waals surface area contributed by atoms with Crippen molar-refractivity contribution in [1.29, 1.82) is 0 Å². The number of aliphatic imine (C=N–C) groups is 1. The zero-order valence-electron chi connectivity index (χ0n) is 18.9. The van der Waals surface area contributed by atoms with Gasteiger partial charge < -0.3 is 9.47 Å². The number of hydrogen-bond acceptors (Lipinski definition) is 4. The fraction of sp³-hybridized carbons (Fsp3) is 0.0667. The van der Waals surface area contributed by atoms with E-state index in [9.17, 15) is 0 Å². The van der Waals surface area contributed by atoms with Crippen molar-refractivity contribution < 1.29 is 9.47 Å². The van der Waals surface area contributed by atoms with E-state index in [1.54, 1.807) is 7.11 Å². The van der Waals surface area contributed by atoms with Crippen molar-refractivity contribution in [3.05, 3.63) is 132 Å². The molecule has 1 heterocycles. The van der Waals surface area contributed by atoms with E-state index in [-0.39, 0.29) is 0 Å². The second-order valence-electron chi connectivity index (χ2n) is 7.88. The minimum Gasteiger partial charge on any atom is -0.497 e. The highest BCUT2D eigenvalue weighted by molar-refractivity contribution is 6.14. The monoisotopic (exact) mass is 444 g/mol. The molecule has 1 aromatic heterocycles. The Balaban J connectivity index is 1.40. The van der Waals surface area contributed by atoms with Crippen LogP contribution in [0.5, 0.6) is 11.6 Å². The Morgan fingerprint density at radius 1 is 0.735 bits per heavy atom. The highest BCUT2D eigenvalue weighted by Gasteiger charge is 2.08. The van der Waals surface area contributed by atoms with E-state index < -0.39 is 0 Å². The highest BCUT2D eigenvalue weighted by Crippen LogP contribution is 2.26. The van der Waals surface area contributed by atoms with Gasteiger partial charge in [0.2, 0.25) is 5.88 Å². The van der Waals surface area contributed by atoms with Crippen LogP contribution in [0.3, 0.4) is 0 Å². The lowest BCUT2D eigenvalue weighted by atomic mass is 10.0. The van der Waals surface area contributed by atoms with Gasteiger partial charge in [0.25, 0.3) is 0 Å². The number of aromatic nitrogens is 1. The molecule has 0 aliphatic heterocycles. The van der Waals surface area contributed by atoms with Crippen LogP contribution in [0.1, 0.15) is 16.7 Å². The lowest BCUT2D eigenvalue weighted by Crippen LogP contribution is -2.02. The van der Waals surface area contributed by atoms with Crippen LogP contribution >= 0.6 is 0 Å². The Morgan fingerprint density at radius 2 is 1.41 bits per heavy atom. The lowest BCUT2D eigenvalue weighted by Gasteiger charge is -2.09. The summed E-state index contributed by atoms with van der Waals surface area (Å²) in [7, 11) is 1.66. The number of ether oxygens (including phenoxy) is 2. The molecule has 0 radical (unpaired) electrons. The largest absolute Gasteiger partial charge is 0.497 e. The smallest absolute Gasteiger partial charge is 0.214 e. The van der Waals surface area contributed by atoms with Crippen molar-refractivity contribution in [3.63, 3.8) is 0 Å². The summed E-state index contributed by atoms with van der Waals surface area (Å²) >= 11 is 0. The number of pyridine rings is 1. The molecule has 5 rings (SSSR count). The van der Waals surface area contributed by atoms with Crippen molar-refractivity contribution >= 4 is 22.2 Å². The Bertz CT molecular complexity index is 1370. The molecule has 4 nitrogen and oxygen atoms in total. The third kappa shape index (κ3) is 4.97. The molecule has 4 heteroatoms. The second-order valence-corrected chi connectivity index (χ2v) is 7.88. The van der Waals surface area contributed by atoms with Crippen LogP contribution in [0.2, 0.25) is 0 Å². The number of benzene rings is 4. The summed E-state index contributed by atoms with van der Waals surface area (Å²) < 4.78 is 11.1. The summed E-state index contributed by atoms with van der Waals surface area (Å²) in [6.45, 7) is 0.447. The first-order valence-electron chi connectivity index (χ1n) is 11.1. The van der Waals surface area contributed by atoms with Gasteiger partial charge in [-0.15, -0.1) is 0 Å². The van der Waals surface area contributed by atoms with Crippen LogP contribution in [-0.2, 0) is 6.61 Å². The molecule has 0 unspecified atom stereocenters. The van der Waals surface area contributed by atoms with Crippen LogP contribution in [0, 0.1) is 0 Å². The van der Waals surface area contributed by atoms with E-state index in [0.717, 1.165) is 44.6 Å². The molecule has 34 heavy (non-hydrogen) atoms. The maximum absolute atomic E-state index is 5.90. The van der Waals surface area contributed by atoms with Gasteiger partial charge >= 0.3 is 0 Å². The first-order chi connectivity index (χ1) is 16.8. The Morgan fingerprint density at radius 3 is 2.06 bits per heavy atom. The molecule has 0 fully saturated rings. The summed E-state index contributed by atoms with van der Waals surface area (Å²) in [5, 5.41) is 2.07. The molecule has 0 spiro atoms. The molecular formula is C30H24N2O2. The molecule has 0 amide bonds. The van der Waals surface area contributed by atoms with E-state index in [1.807, 2.05) is 79.0 Å². The lowest BCUT2D eigenvalue weighted by molar-refractivity contribution is 0.294. The Labute approximate surface area is 199 Å². The third-order valence-corrected chi connectivity index (χ3v) is 5.56. The second kappa shape index (κ2) is 10.0. The Hall–Kier alpha value is -4.44. The van der Waals surface area contributed by atoms with Crippen molar-refractivity contribution in [2.24, 2.45) is 4.99 Å². The zero-order chi connectivity index (χ0) is 23.2. The molecule has 0 aliphatic rings. The quantitative estimate of drug-likeness (QED) is 0.254. The SMILES string of the molecule is COc1ccc(COc2cc3ccc(N=C(c4ccccc4)c4ccccc4)cc3cn2)cc1. The first kappa shape index (κ1) is 21.4. The van der Waals surface area contributed by atoms with E-state index in [2.05, 4.69) is 41.4 Å². The molecule has 0 atom stereocenters. The average Bonchev–Trinajstić information content (AvgIpc) is 2.91. The van der Waals surface area contributed by atoms with Crippen LogP contribution in [0.4, 0.5) is 5.69 Å². The summed E-state index contributed by atoms with van der Waals surface area (Å²) in [5.74, 6) is 1.42. The van der Waals surface area contributed by atoms with Crippen molar-refractivity contribution in [2.45, 2.75) is 6.61 Å². The van der Waals surface area contributed by atoms with Gasteiger partial charge in [-0.3, -0.25) is 0 Å². The van der Waals surface area contributed by atoms with Crippen LogP contribution < -0.4 is 9.47 Å². The molecule has 0 saturated heterocycles. The topological polar surface area (TPSA) is 43.7 Å². The van der Waals surface area contributed by atoms with E-state index in [4.69, 9.17) is 14.5 Å². The number of nitrogens with zero attached hydrogens (tertiary/aromatic N) is 2. The van der Waals surface area contributed by atoms with Crippen LogP contribution in [0.15, 0.2) is 120 Å². The average molecular weight is 445 g/mol. The highest BCUT2D eigenvalue weighted by atomic mass is 16.5. The summed E-state index contributed by atoms with van der Waals surface area (Å²) in [6.07, 6.45) is 1.84. The standard InChI is InChI=1S/C30H24N2O2/c1-33-28-16-12-22(13-17-28)21-34-29-19-25-14-15-27(18-26(25)20-31-29)32-30(23-8-4-2-5-9-23)24-10-6-3-7-11-24/h2-20H,21H2,1H3. The van der Waals surface area contributed by atoms with Gasteiger partial charge in [-0.1, -0.05) is 78.9 Å². The molecule has 5 aromatic rings. The number of rotatable bonds is 7. The maximum atomic E-state index is 5.90. The zero-order valence-corrected chi connectivity index (χ0v) is 18.9. The molecule has 0 aliphatic carbocycles. The number of methoxy groups -OCH3 is 1. The summed E-state index contributed by atoms with van der Waals surface area (Å²) in [6, 6.07) is 36.4. The van der Waals surface area contributed by atoms with Gasteiger partial charge in [0.15, 0.2) is 0 Å². The predicted molar refractivity (Wildman–Crippen MR) is 137 cm³/mol. The predicted octanol–water partition coefficient (Wildman–Crippen LogP) is 6.99. The molecule has 166 valence electrons. The number of fused-ring (bicyclic) bond motifs is 1. The summed E-state index contributed by atoms with van der Waals surface area (Å²) in [5.41, 5.74) is 5.03.